The summed E-state index contributed by atoms with van der Waals surface area (Å²) in [5.74, 6) is 0.447. The SMILES string of the molecule is CCOC(=O)C(OC(C)(C)C)c1c(C)sc(C)c1C1=CCC(C)CC1. The van der Waals surface area contributed by atoms with Gasteiger partial charge in [0.15, 0.2) is 6.10 Å². The van der Waals surface area contributed by atoms with Gasteiger partial charge in [-0.3, -0.25) is 0 Å². The number of ether oxygens (including phenoxy) is 2. The first kappa shape index (κ1) is 20.2. The van der Waals surface area contributed by atoms with Gasteiger partial charge in [0.05, 0.1) is 12.2 Å². The summed E-state index contributed by atoms with van der Waals surface area (Å²) in [5, 5.41) is 0. The van der Waals surface area contributed by atoms with Crippen LogP contribution in [0, 0.1) is 19.8 Å². The molecule has 2 atom stereocenters. The van der Waals surface area contributed by atoms with Crippen LogP contribution in [-0.2, 0) is 14.3 Å². The van der Waals surface area contributed by atoms with Gasteiger partial charge in [0.2, 0.25) is 0 Å². The molecule has 0 spiro atoms. The van der Waals surface area contributed by atoms with E-state index in [1.54, 1.807) is 11.3 Å². The van der Waals surface area contributed by atoms with E-state index in [0.717, 1.165) is 29.2 Å². The van der Waals surface area contributed by atoms with E-state index in [9.17, 15) is 4.79 Å². The zero-order valence-electron chi connectivity index (χ0n) is 16.7. The summed E-state index contributed by atoms with van der Waals surface area (Å²) in [6, 6.07) is 0. The van der Waals surface area contributed by atoms with Crippen molar-refractivity contribution in [3.63, 3.8) is 0 Å². The summed E-state index contributed by atoms with van der Waals surface area (Å²) >= 11 is 1.75. The minimum Gasteiger partial charge on any atom is -0.464 e. The molecule has 0 saturated heterocycles. The normalized spacial score (nSPS) is 19.5. The number of carbonyl (C=O) groups is 1. The van der Waals surface area contributed by atoms with Crippen LogP contribution in [0.3, 0.4) is 0 Å². The molecule has 0 fully saturated rings. The number of hydrogen-bond acceptors (Lipinski definition) is 4. The second-order valence-corrected chi connectivity index (χ2v) is 9.40. The van der Waals surface area contributed by atoms with Gasteiger partial charge in [0.1, 0.15) is 0 Å². The van der Waals surface area contributed by atoms with Crippen LogP contribution in [0.4, 0.5) is 0 Å². The summed E-state index contributed by atoms with van der Waals surface area (Å²) in [6.07, 6.45) is 5.05. The lowest BCUT2D eigenvalue weighted by atomic mass is 9.85. The predicted octanol–water partition coefficient (Wildman–Crippen LogP) is 5.99. The molecular formula is C21H32O3S. The van der Waals surface area contributed by atoms with Crippen molar-refractivity contribution >= 4 is 22.9 Å². The van der Waals surface area contributed by atoms with Crippen LogP contribution < -0.4 is 0 Å². The molecule has 0 bridgehead atoms. The molecule has 0 aliphatic heterocycles. The molecule has 3 nitrogen and oxygen atoms in total. The van der Waals surface area contributed by atoms with E-state index in [2.05, 4.69) is 26.8 Å². The standard InChI is InChI=1S/C21H32O3S/c1-8-23-20(22)19(24-21(5,6)7)18-15(4)25-14(3)17(18)16-11-9-13(2)10-12-16/h11,13,19H,8-10,12H2,1-7H3. The highest BCUT2D eigenvalue weighted by molar-refractivity contribution is 7.12. The van der Waals surface area contributed by atoms with Crippen molar-refractivity contribution in [3.8, 4) is 0 Å². The zero-order valence-corrected chi connectivity index (χ0v) is 17.5. The van der Waals surface area contributed by atoms with Gasteiger partial charge in [0.25, 0.3) is 0 Å². The Morgan fingerprint density at radius 2 is 2.00 bits per heavy atom. The van der Waals surface area contributed by atoms with Crippen LogP contribution in [0.5, 0.6) is 0 Å². The number of esters is 1. The van der Waals surface area contributed by atoms with E-state index in [4.69, 9.17) is 9.47 Å². The molecule has 1 aromatic rings. The van der Waals surface area contributed by atoms with Gasteiger partial charge in [0, 0.05) is 15.3 Å². The van der Waals surface area contributed by atoms with Gasteiger partial charge in [-0.05, 0) is 77.9 Å². The van der Waals surface area contributed by atoms with E-state index < -0.39 is 11.7 Å². The van der Waals surface area contributed by atoms with Crippen molar-refractivity contribution in [2.45, 2.75) is 79.4 Å². The third-order valence-electron chi connectivity index (χ3n) is 4.54. The lowest BCUT2D eigenvalue weighted by molar-refractivity contribution is -0.166. The predicted molar refractivity (Wildman–Crippen MR) is 105 cm³/mol. The maximum absolute atomic E-state index is 12.7. The van der Waals surface area contributed by atoms with Crippen molar-refractivity contribution in [3.05, 3.63) is 27.0 Å². The molecule has 4 heteroatoms. The molecule has 0 aromatic carbocycles. The molecule has 1 aliphatic rings. The topological polar surface area (TPSA) is 35.5 Å². The molecule has 2 rings (SSSR count). The Hall–Kier alpha value is -1.13. The molecule has 1 heterocycles. The quantitative estimate of drug-likeness (QED) is 0.602. The minimum atomic E-state index is -0.667. The molecule has 0 amide bonds. The van der Waals surface area contributed by atoms with Gasteiger partial charge in [-0.25, -0.2) is 4.79 Å². The van der Waals surface area contributed by atoms with Crippen LogP contribution in [0.15, 0.2) is 6.08 Å². The number of carbonyl (C=O) groups excluding carboxylic acids is 1. The maximum Gasteiger partial charge on any atom is 0.340 e. The molecule has 0 saturated carbocycles. The number of allylic oxidation sites excluding steroid dienone is 2. The van der Waals surface area contributed by atoms with E-state index in [-0.39, 0.29) is 5.97 Å². The number of rotatable bonds is 5. The highest BCUT2D eigenvalue weighted by atomic mass is 32.1. The van der Waals surface area contributed by atoms with Crippen molar-refractivity contribution in [1.29, 1.82) is 0 Å². The van der Waals surface area contributed by atoms with Crippen LogP contribution in [0.2, 0.25) is 0 Å². The molecule has 1 aromatic heterocycles. The lowest BCUT2D eigenvalue weighted by Crippen LogP contribution is -2.29. The third kappa shape index (κ3) is 4.95. The second-order valence-electron chi connectivity index (χ2n) is 7.97. The average Bonchev–Trinajstić information content (AvgIpc) is 2.79. The van der Waals surface area contributed by atoms with E-state index in [1.165, 1.54) is 22.4 Å². The van der Waals surface area contributed by atoms with Gasteiger partial charge >= 0.3 is 5.97 Å². The Morgan fingerprint density at radius 1 is 1.32 bits per heavy atom. The van der Waals surface area contributed by atoms with E-state index in [1.807, 2.05) is 27.7 Å². The van der Waals surface area contributed by atoms with Gasteiger partial charge in [-0.2, -0.15) is 0 Å². The van der Waals surface area contributed by atoms with Crippen LogP contribution in [-0.4, -0.2) is 18.2 Å². The van der Waals surface area contributed by atoms with Gasteiger partial charge in [-0.1, -0.05) is 13.0 Å². The average molecular weight is 365 g/mol. The summed E-state index contributed by atoms with van der Waals surface area (Å²) in [7, 11) is 0. The highest BCUT2D eigenvalue weighted by Gasteiger charge is 2.34. The zero-order chi connectivity index (χ0) is 18.8. The van der Waals surface area contributed by atoms with E-state index >= 15 is 0 Å². The van der Waals surface area contributed by atoms with Crippen molar-refractivity contribution in [1.82, 2.24) is 0 Å². The van der Waals surface area contributed by atoms with Gasteiger partial charge in [-0.15, -0.1) is 11.3 Å². The Labute approximate surface area is 156 Å². The first-order chi connectivity index (χ1) is 11.6. The van der Waals surface area contributed by atoms with Crippen LogP contribution in [0.1, 0.15) is 80.9 Å². The number of aryl methyl sites for hydroxylation is 2. The molecule has 25 heavy (non-hydrogen) atoms. The molecule has 2 unspecified atom stereocenters. The number of hydrogen-bond donors (Lipinski definition) is 0. The van der Waals surface area contributed by atoms with Crippen molar-refractivity contribution in [2.24, 2.45) is 5.92 Å². The Balaban J connectivity index is 2.51. The second kappa shape index (κ2) is 8.05. The molecule has 0 N–H and O–H groups in total. The Bertz CT molecular complexity index is 649. The smallest absolute Gasteiger partial charge is 0.340 e. The fourth-order valence-corrected chi connectivity index (χ4v) is 4.53. The number of thiophene rings is 1. The Kier molecular flexibility index (Phi) is 6.50. The monoisotopic (exact) mass is 364 g/mol. The highest BCUT2D eigenvalue weighted by Crippen LogP contribution is 2.43. The summed E-state index contributed by atoms with van der Waals surface area (Å²) < 4.78 is 11.5. The van der Waals surface area contributed by atoms with E-state index in [0.29, 0.717) is 6.61 Å². The lowest BCUT2D eigenvalue weighted by Gasteiger charge is -2.28. The molecule has 1 aliphatic carbocycles. The summed E-state index contributed by atoms with van der Waals surface area (Å²) in [5.41, 5.74) is 3.17. The molecule has 140 valence electrons. The fraction of sp³-hybridized carbons (Fsp3) is 0.667. The minimum absolute atomic E-state index is 0.288. The first-order valence-electron chi connectivity index (χ1n) is 9.27. The van der Waals surface area contributed by atoms with Crippen LogP contribution >= 0.6 is 11.3 Å². The third-order valence-corrected chi connectivity index (χ3v) is 5.57. The van der Waals surface area contributed by atoms with Crippen LogP contribution in [0.25, 0.3) is 5.57 Å². The summed E-state index contributed by atoms with van der Waals surface area (Å²) in [4.78, 5) is 15.1. The van der Waals surface area contributed by atoms with Crippen molar-refractivity contribution in [2.75, 3.05) is 6.61 Å². The van der Waals surface area contributed by atoms with Gasteiger partial charge < -0.3 is 9.47 Å². The Morgan fingerprint density at radius 3 is 2.52 bits per heavy atom. The van der Waals surface area contributed by atoms with Crippen molar-refractivity contribution < 1.29 is 14.3 Å². The maximum atomic E-state index is 12.7. The summed E-state index contributed by atoms with van der Waals surface area (Å²) in [6.45, 7) is 14.7. The first-order valence-corrected chi connectivity index (χ1v) is 10.1. The molecular weight excluding hydrogens is 332 g/mol. The molecule has 0 radical (unpaired) electrons. The largest absolute Gasteiger partial charge is 0.464 e. The fourth-order valence-electron chi connectivity index (χ4n) is 3.40.